The van der Waals surface area contributed by atoms with Crippen molar-refractivity contribution in [2.24, 2.45) is 0 Å². The van der Waals surface area contributed by atoms with Crippen LogP contribution in [0.1, 0.15) is 12.0 Å². The highest BCUT2D eigenvalue weighted by molar-refractivity contribution is 7.70. The van der Waals surface area contributed by atoms with Gasteiger partial charge < -0.3 is 24.7 Å². The topological polar surface area (TPSA) is 64.3 Å². The Kier molecular flexibility index (Phi) is 6.20. The number of likely N-dealkylation sites (N-methyl/N-ethyl adjacent to an activating group) is 2. The largest absolute Gasteiger partial charge is 0.370 e. The molecule has 0 radical (unpaired) electrons. The fraction of sp³-hybridized carbons (Fsp3) is 0.321. The van der Waals surface area contributed by atoms with Crippen molar-refractivity contribution in [3.8, 4) is 11.3 Å². The number of likely N-dealkylation sites (tertiary alicyclic amines) is 1. The first-order valence-electron chi connectivity index (χ1n) is 12.1. The highest BCUT2D eigenvalue weighted by Gasteiger charge is 2.23. The Balaban J connectivity index is 1.46. The third-order valence-corrected chi connectivity index (χ3v) is 8.64. The zero-order valence-electron chi connectivity index (χ0n) is 21.2. The van der Waals surface area contributed by atoms with Crippen molar-refractivity contribution < 1.29 is 4.57 Å². The maximum atomic E-state index is 12.9. The SMILES string of the molecule is Cc1cnc2[nH]c(-c3ccc(N(C)C4CCN(C)C4)cc3)cc2c1Nc1ccccc1P(C)(C)=O. The van der Waals surface area contributed by atoms with Gasteiger partial charge in [0, 0.05) is 53.6 Å². The fourth-order valence-electron chi connectivity index (χ4n) is 4.99. The van der Waals surface area contributed by atoms with Crippen molar-refractivity contribution in [1.29, 1.82) is 0 Å². The Hall–Kier alpha value is -3.08. The number of rotatable bonds is 6. The standard InChI is InChI=1S/C28H34N5OP/c1-19-17-29-28-23(27(19)30-24-8-6-7-9-26(24)35(4,5)34)16-25(31-28)20-10-12-21(13-11-20)33(3)22-14-15-32(2)18-22/h6-13,16-17,22H,14-15,18H2,1-5H3,(H2,29,30,31). The molecule has 1 fully saturated rings. The number of aromatic amines is 1. The van der Waals surface area contributed by atoms with Gasteiger partial charge in [0.1, 0.15) is 12.8 Å². The summed E-state index contributed by atoms with van der Waals surface area (Å²) in [6.45, 7) is 7.93. The number of fused-ring (bicyclic) bond motifs is 1. The number of benzene rings is 2. The van der Waals surface area contributed by atoms with Gasteiger partial charge in [-0.15, -0.1) is 0 Å². The molecule has 2 aromatic carbocycles. The third kappa shape index (κ3) is 4.73. The van der Waals surface area contributed by atoms with E-state index >= 15 is 0 Å². The molecule has 2 N–H and O–H groups in total. The normalized spacial score (nSPS) is 16.7. The van der Waals surface area contributed by atoms with Gasteiger partial charge in [-0.1, -0.05) is 24.3 Å². The van der Waals surface area contributed by atoms with Crippen LogP contribution in [0.25, 0.3) is 22.3 Å². The molecule has 7 heteroatoms. The molecule has 182 valence electrons. The molecule has 3 heterocycles. The second kappa shape index (κ2) is 9.18. The molecular weight excluding hydrogens is 453 g/mol. The van der Waals surface area contributed by atoms with Gasteiger partial charge in [0.25, 0.3) is 0 Å². The van der Waals surface area contributed by atoms with Crippen molar-refractivity contribution in [1.82, 2.24) is 14.9 Å². The van der Waals surface area contributed by atoms with E-state index in [2.05, 4.69) is 69.5 Å². The number of pyridine rings is 1. The van der Waals surface area contributed by atoms with E-state index < -0.39 is 7.14 Å². The van der Waals surface area contributed by atoms with Crippen LogP contribution in [-0.4, -0.2) is 61.4 Å². The second-order valence-corrected chi connectivity index (χ2v) is 13.3. The minimum atomic E-state index is -2.43. The average molecular weight is 488 g/mol. The summed E-state index contributed by atoms with van der Waals surface area (Å²) in [5.74, 6) is 0. The number of hydrogen-bond acceptors (Lipinski definition) is 5. The lowest BCUT2D eigenvalue weighted by molar-refractivity contribution is 0.409. The van der Waals surface area contributed by atoms with Gasteiger partial charge in [-0.3, -0.25) is 0 Å². The van der Waals surface area contributed by atoms with E-state index in [9.17, 15) is 4.57 Å². The molecule has 0 spiro atoms. The predicted octanol–water partition coefficient (Wildman–Crippen LogP) is 5.67. The smallest absolute Gasteiger partial charge is 0.139 e. The van der Waals surface area contributed by atoms with E-state index in [4.69, 9.17) is 0 Å². The zero-order valence-corrected chi connectivity index (χ0v) is 22.1. The van der Waals surface area contributed by atoms with Crippen LogP contribution in [-0.2, 0) is 4.57 Å². The van der Waals surface area contributed by atoms with E-state index in [1.807, 2.05) is 50.7 Å². The number of anilines is 3. The maximum Gasteiger partial charge on any atom is 0.139 e. The number of nitrogens with one attached hydrogen (secondary N) is 2. The van der Waals surface area contributed by atoms with Crippen LogP contribution in [0.4, 0.5) is 17.1 Å². The van der Waals surface area contributed by atoms with Crippen molar-refractivity contribution in [2.75, 3.05) is 50.7 Å². The lowest BCUT2D eigenvalue weighted by Gasteiger charge is -2.26. The summed E-state index contributed by atoms with van der Waals surface area (Å²) in [7, 11) is 1.95. The lowest BCUT2D eigenvalue weighted by Crippen LogP contribution is -2.33. The minimum Gasteiger partial charge on any atom is -0.370 e. The van der Waals surface area contributed by atoms with Crippen LogP contribution in [0.3, 0.4) is 0 Å². The molecule has 0 bridgehead atoms. The lowest BCUT2D eigenvalue weighted by atomic mass is 10.1. The average Bonchev–Trinajstić information content (AvgIpc) is 3.47. The van der Waals surface area contributed by atoms with Crippen molar-refractivity contribution in [3.05, 3.63) is 66.4 Å². The molecule has 0 aliphatic carbocycles. The van der Waals surface area contributed by atoms with Crippen molar-refractivity contribution in [2.45, 2.75) is 19.4 Å². The molecule has 1 unspecified atom stereocenters. The summed E-state index contributed by atoms with van der Waals surface area (Å²) < 4.78 is 12.9. The number of nitrogens with zero attached hydrogens (tertiary/aromatic N) is 3. The summed E-state index contributed by atoms with van der Waals surface area (Å²) in [6.07, 6.45) is 3.08. The number of aromatic nitrogens is 2. The Morgan fingerprint density at radius 3 is 2.57 bits per heavy atom. The van der Waals surface area contributed by atoms with E-state index in [1.165, 1.54) is 12.1 Å². The Morgan fingerprint density at radius 1 is 1.14 bits per heavy atom. The highest BCUT2D eigenvalue weighted by Crippen LogP contribution is 2.39. The molecule has 1 saturated heterocycles. The Bertz CT molecular complexity index is 1400. The zero-order chi connectivity index (χ0) is 24.7. The molecule has 4 aromatic rings. The van der Waals surface area contributed by atoms with Crippen LogP contribution in [0.2, 0.25) is 0 Å². The van der Waals surface area contributed by atoms with Gasteiger partial charge >= 0.3 is 0 Å². The first-order valence-corrected chi connectivity index (χ1v) is 14.7. The summed E-state index contributed by atoms with van der Waals surface area (Å²) >= 11 is 0. The van der Waals surface area contributed by atoms with E-state index in [0.29, 0.717) is 6.04 Å². The fourth-order valence-corrected chi connectivity index (χ4v) is 6.15. The summed E-state index contributed by atoms with van der Waals surface area (Å²) in [6, 6.07) is 19.3. The van der Waals surface area contributed by atoms with Gasteiger partial charge in [0.2, 0.25) is 0 Å². The number of para-hydroxylation sites is 1. The third-order valence-electron chi connectivity index (χ3n) is 7.09. The summed E-state index contributed by atoms with van der Waals surface area (Å²) in [4.78, 5) is 12.9. The van der Waals surface area contributed by atoms with Crippen LogP contribution in [0, 0.1) is 6.92 Å². The number of H-pyrrole nitrogens is 1. The number of aryl methyl sites for hydroxylation is 1. The van der Waals surface area contributed by atoms with Crippen LogP contribution in [0.5, 0.6) is 0 Å². The summed E-state index contributed by atoms with van der Waals surface area (Å²) in [5, 5.41) is 5.45. The van der Waals surface area contributed by atoms with Gasteiger partial charge in [0.05, 0.1) is 5.69 Å². The summed E-state index contributed by atoms with van der Waals surface area (Å²) in [5.41, 5.74) is 7.13. The first kappa shape index (κ1) is 23.7. The quantitative estimate of drug-likeness (QED) is 0.343. The molecule has 0 amide bonds. The van der Waals surface area contributed by atoms with Gasteiger partial charge in [0.15, 0.2) is 0 Å². The van der Waals surface area contributed by atoms with E-state index in [0.717, 1.165) is 57.6 Å². The van der Waals surface area contributed by atoms with Crippen molar-refractivity contribution >= 4 is 40.5 Å². The van der Waals surface area contributed by atoms with Gasteiger partial charge in [-0.2, -0.15) is 0 Å². The monoisotopic (exact) mass is 487 g/mol. The molecule has 35 heavy (non-hydrogen) atoms. The van der Waals surface area contributed by atoms with Crippen LogP contribution < -0.4 is 15.5 Å². The molecule has 1 aliphatic heterocycles. The van der Waals surface area contributed by atoms with E-state index in [-0.39, 0.29) is 0 Å². The van der Waals surface area contributed by atoms with Crippen LogP contribution in [0.15, 0.2) is 60.8 Å². The minimum absolute atomic E-state index is 0.559. The molecule has 2 aromatic heterocycles. The predicted molar refractivity (Wildman–Crippen MR) is 149 cm³/mol. The van der Waals surface area contributed by atoms with Crippen LogP contribution >= 0.6 is 7.14 Å². The van der Waals surface area contributed by atoms with Gasteiger partial charge in [-0.05, 0) is 81.7 Å². The molecule has 0 saturated carbocycles. The van der Waals surface area contributed by atoms with Crippen molar-refractivity contribution in [3.63, 3.8) is 0 Å². The molecule has 5 rings (SSSR count). The second-order valence-electron chi connectivity index (χ2n) is 10.1. The Morgan fingerprint density at radius 2 is 1.89 bits per heavy atom. The highest BCUT2D eigenvalue weighted by atomic mass is 31.2. The Labute approximate surface area is 207 Å². The van der Waals surface area contributed by atoms with Gasteiger partial charge in [-0.25, -0.2) is 4.98 Å². The molecular formula is C28H34N5OP. The molecule has 1 atom stereocenters. The van der Waals surface area contributed by atoms with E-state index in [1.54, 1.807) is 0 Å². The molecule has 1 aliphatic rings. The molecule has 6 nitrogen and oxygen atoms in total. The number of hydrogen-bond donors (Lipinski definition) is 2. The first-order chi connectivity index (χ1) is 16.7. The maximum absolute atomic E-state index is 12.9.